The predicted octanol–water partition coefficient (Wildman–Crippen LogP) is 11.2. The lowest BCUT2D eigenvalue weighted by atomic mass is 9.91. The lowest BCUT2D eigenvalue weighted by molar-refractivity contribution is 0.433. The smallest absolute Gasteiger partial charge is 0.137 e. The predicted molar refractivity (Wildman–Crippen MR) is 211 cm³/mol. The van der Waals surface area contributed by atoms with E-state index in [0.717, 1.165) is 72.2 Å². The number of benzene rings is 7. The van der Waals surface area contributed by atoms with Crippen molar-refractivity contribution in [2.45, 2.75) is 12.2 Å². The Bertz CT molecular complexity index is 2860. The molecule has 0 aliphatic carbocycles. The molecule has 52 heavy (non-hydrogen) atoms. The van der Waals surface area contributed by atoms with Crippen LogP contribution in [0.25, 0.3) is 66.3 Å². The summed E-state index contributed by atoms with van der Waals surface area (Å²) in [6.07, 6.45) is -0.310. The van der Waals surface area contributed by atoms with Gasteiger partial charge in [-0.15, -0.1) is 0 Å². The second-order valence-electron chi connectivity index (χ2n) is 13.3. The Labute approximate surface area is 300 Å². The quantitative estimate of drug-likeness (QED) is 0.192. The minimum atomic E-state index is -0.314. The van der Waals surface area contributed by atoms with Gasteiger partial charge < -0.3 is 14.3 Å². The van der Waals surface area contributed by atoms with Crippen LogP contribution < -0.4 is 10.6 Å². The molecule has 3 heterocycles. The minimum Gasteiger partial charge on any atom is -0.456 e. The highest BCUT2D eigenvalue weighted by molar-refractivity contribution is 6.17. The third-order valence-corrected chi connectivity index (χ3v) is 10.3. The molecule has 5 nitrogen and oxygen atoms in total. The van der Waals surface area contributed by atoms with Gasteiger partial charge in [0.2, 0.25) is 0 Å². The average Bonchev–Trinajstić information content (AvgIpc) is 3.75. The molecule has 0 saturated heterocycles. The molecule has 0 radical (unpaired) electrons. The summed E-state index contributed by atoms with van der Waals surface area (Å²) in [4.78, 5) is 0. The van der Waals surface area contributed by atoms with Crippen LogP contribution in [-0.2, 0) is 0 Å². The van der Waals surface area contributed by atoms with Gasteiger partial charge in [0.1, 0.15) is 17.3 Å². The van der Waals surface area contributed by atoms with Gasteiger partial charge in [-0.05, 0) is 64.2 Å². The summed E-state index contributed by atoms with van der Waals surface area (Å²) in [5.74, 6) is 0. The van der Waals surface area contributed by atoms with E-state index in [4.69, 9.17) is 4.42 Å². The standard InChI is InChI=1S/C47H32N4O/c48-29-40-45(31-16-6-2-7-17-31)49-47(50-46(40)32-18-8-3-9-19-32)34-24-33(30-14-4-1-5-15-30)25-35(26-34)51-41-22-12-10-20-36(41)38-27-39-37-21-11-13-23-43(37)52-44(39)28-42(38)51/h1-28,45,47,49-50H. The van der Waals surface area contributed by atoms with Crippen molar-refractivity contribution in [2.24, 2.45) is 0 Å². The molecule has 2 N–H and O–H groups in total. The van der Waals surface area contributed by atoms with Crippen LogP contribution in [0.15, 0.2) is 180 Å². The van der Waals surface area contributed by atoms with Gasteiger partial charge in [0.25, 0.3) is 0 Å². The summed E-state index contributed by atoms with van der Waals surface area (Å²) >= 11 is 0. The molecule has 10 rings (SSSR count). The fraction of sp³-hybridized carbons (Fsp3) is 0.0426. The molecule has 1 aliphatic rings. The van der Waals surface area contributed by atoms with Crippen molar-refractivity contribution >= 4 is 49.4 Å². The molecular weight excluding hydrogens is 637 g/mol. The van der Waals surface area contributed by atoms with Gasteiger partial charge in [-0.3, -0.25) is 5.32 Å². The van der Waals surface area contributed by atoms with E-state index in [0.29, 0.717) is 5.57 Å². The van der Waals surface area contributed by atoms with Gasteiger partial charge in [0.05, 0.1) is 34.4 Å². The van der Waals surface area contributed by atoms with Crippen molar-refractivity contribution in [1.82, 2.24) is 15.2 Å². The molecule has 0 fully saturated rings. The van der Waals surface area contributed by atoms with Crippen LogP contribution in [0.2, 0.25) is 0 Å². The van der Waals surface area contributed by atoms with E-state index in [1.54, 1.807) is 0 Å². The van der Waals surface area contributed by atoms with E-state index in [1.165, 1.54) is 10.8 Å². The van der Waals surface area contributed by atoms with Gasteiger partial charge in [0, 0.05) is 33.3 Å². The minimum absolute atomic E-state index is 0.310. The number of hydrogen-bond acceptors (Lipinski definition) is 4. The molecular formula is C47H32N4O. The Morgan fingerprint density at radius 1 is 0.519 bits per heavy atom. The maximum Gasteiger partial charge on any atom is 0.137 e. The van der Waals surface area contributed by atoms with Crippen LogP contribution in [0.3, 0.4) is 0 Å². The number of furan rings is 1. The van der Waals surface area contributed by atoms with E-state index < -0.39 is 0 Å². The molecule has 0 saturated carbocycles. The maximum absolute atomic E-state index is 10.6. The van der Waals surface area contributed by atoms with Crippen molar-refractivity contribution in [3.05, 3.63) is 192 Å². The van der Waals surface area contributed by atoms with Crippen LogP contribution in [0, 0.1) is 11.3 Å². The van der Waals surface area contributed by atoms with E-state index in [-0.39, 0.29) is 12.2 Å². The van der Waals surface area contributed by atoms with Crippen molar-refractivity contribution in [2.75, 3.05) is 0 Å². The lowest BCUT2D eigenvalue weighted by Gasteiger charge is -2.35. The summed E-state index contributed by atoms with van der Waals surface area (Å²) in [6, 6.07) is 61.3. The topological polar surface area (TPSA) is 65.9 Å². The molecule has 0 spiro atoms. The Hall–Kier alpha value is -6.87. The number of nitrogens with one attached hydrogen (secondary N) is 2. The van der Waals surface area contributed by atoms with Gasteiger partial charge in [-0.1, -0.05) is 127 Å². The number of hydrogen-bond donors (Lipinski definition) is 2. The third kappa shape index (κ3) is 4.89. The highest BCUT2D eigenvalue weighted by atomic mass is 16.3. The first-order valence-electron chi connectivity index (χ1n) is 17.6. The Morgan fingerprint density at radius 2 is 1.19 bits per heavy atom. The van der Waals surface area contributed by atoms with Crippen molar-refractivity contribution in [1.29, 1.82) is 5.26 Å². The van der Waals surface area contributed by atoms with E-state index in [1.807, 2.05) is 48.5 Å². The van der Waals surface area contributed by atoms with Crippen LogP contribution in [0.4, 0.5) is 0 Å². The molecule has 246 valence electrons. The molecule has 1 aliphatic heterocycles. The zero-order valence-electron chi connectivity index (χ0n) is 28.1. The summed E-state index contributed by atoms with van der Waals surface area (Å²) in [6.45, 7) is 0. The fourth-order valence-electron chi connectivity index (χ4n) is 7.90. The lowest BCUT2D eigenvalue weighted by Crippen LogP contribution is -2.42. The first-order valence-corrected chi connectivity index (χ1v) is 17.6. The second kappa shape index (κ2) is 12.2. The summed E-state index contributed by atoms with van der Waals surface area (Å²) < 4.78 is 8.78. The second-order valence-corrected chi connectivity index (χ2v) is 13.3. The summed E-state index contributed by atoms with van der Waals surface area (Å²) in [5.41, 5.74) is 11.8. The van der Waals surface area contributed by atoms with E-state index in [2.05, 4.69) is 143 Å². The van der Waals surface area contributed by atoms with E-state index >= 15 is 0 Å². The van der Waals surface area contributed by atoms with Gasteiger partial charge in [-0.25, -0.2) is 0 Å². The zero-order valence-corrected chi connectivity index (χ0v) is 28.1. The summed E-state index contributed by atoms with van der Waals surface area (Å²) in [7, 11) is 0. The molecule has 0 bridgehead atoms. The maximum atomic E-state index is 10.6. The number of rotatable bonds is 5. The molecule has 0 amide bonds. The normalized spacial score (nSPS) is 16.1. The van der Waals surface area contributed by atoms with Crippen LogP contribution >= 0.6 is 0 Å². The molecule has 5 heteroatoms. The largest absolute Gasteiger partial charge is 0.456 e. The van der Waals surface area contributed by atoms with Gasteiger partial charge in [0.15, 0.2) is 0 Å². The number of para-hydroxylation sites is 2. The monoisotopic (exact) mass is 668 g/mol. The molecule has 9 aromatic rings. The van der Waals surface area contributed by atoms with Crippen molar-refractivity contribution in [3.8, 4) is 22.9 Å². The van der Waals surface area contributed by atoms with Gasteiger partial charge >= 0.3 is 0 Å². The van der Waals surface area contributed by atoms with E-state index in [9.17, 15) is 5.26 Å². The van der Waals surface area contributed by atoms with Crippen molar-refractivity contribution < 1.29 is 4.42 Å². The molecule has 2 atom stereocenters. The Morgan fingerprint density at radius 3 is 1.96 bits per heavy atom. The van der Waals surface area contributed by atoms with Crippen LogP contribution in [-0.4, -0.2) is 4.57 Å². The number of fused-ring (bicyclic) bond motifs is 6. The third-order valence-electron chi connectivity index (χ3n) is 10.3. The number of aromatic nitrogens is 1. The molecule has 7 aromatic carbocycles. The molecule has 2 unspecified atom stereocenters. The highest BCUT2D eigenvalue weighted by Gasteiger charge is 2.31. The van der Waals surface area contributed by atoms with Crippen molar-refractivity contribution in [3.63, 3.8) is 0 Å². The van der Waals surface area contributed by atoms with Crippen LogP contribution in [0.1, 0.15) is 28.9 Å². The number of nitrogens with zero attached hydrogens (tertiary/aromatic N) is 2. The zero-order chi connectivity index (χ0) is 34.6. The molecule has 2 aromatic heterocycles. The van der Waals surface area contributed by atoms with Crippen LogP contribution in [0.5, 0.6) is 0 Å². The fourth-order valence-corrected chi connectivity index (χ4v) is 7.90. The first kappa shape index (κ1) is 30.0. The summed E-state index contributed by atoms with van der Waals surface area (Å²) in [5, 5.41) is 22.8. The highest BCUT2D eigenvalue weighted by Crippen LogP contribution is 2.41. The number of nitriles is 1. The average molecular weight is 669 g/mol. The SMILES string of the molecule is N#CC1=C(c2ccccc2)NC(c2cc(-c3ccccc3)cc(-n3c4ccccc4c4cc5c(cc43)oc3ccccc35)c2)NC1c1ccccc1. The Balaban J connectivity index is 1.21. The Kier molecular flexibility index (Phi) is 7.02. The van der Waals surface area contributed by atoms with Gasteiger partial charge in [-0.2, -0.15) is 5.26 Å². The first-order chi connectivity index (χ1) is 25.7.